The first-order chi connectivity index (χ1) is 18.6. The monoisotopic (exact) mass is 590 g/mol. The molecule has 0 atom stereocenters. The molecular weight excluding hydrogens is 547 g/mol. The predicted molar refractivity (Wildman–Crippen MR) is 161 cm³/mol. The van der Waals surface area contributed by atoms with Crippen molar-refractivity contribution in [2.24, 2.45) is 7.05 Å². The Kier molecular flexibility index (Phi) is 16.2. The van der Waals surface area contributed by atoms with Crippen LogP contribution in [0.4, 0.5) is 5.69 Å². The van der Waals surface area contributed by atoms with Crippen LogP contribution < -0.4 is 27.0 Å². The molecule has 0 saturated carbocycles. The quantitative estimate of drug-likeness (QED) is 0.142. The zero-order chi connectivity index (χ0) is 27.0. The highest BCUT2D eigenvalue weighted by Gasteiger charge is 2.13. The molecule has 2 aromatic carbocycles. The van der Waals surface area contributed by atoms with E-state index < -0.39 is 0 Å². The average Bonchev–Trinajstić information content (AvgIpc) is 3.34. The fraction of sp³-hybridized carbons (Fsp3) is 0.500. The number of halogens is 2. The van der Waals surface area contributed by atoms with Crippen molar-refractivity contribution < 1.29 is 26.5 Å². The van der Waals surface area contributed by atoms with Gasteiger partial charge in [0.25, 0.3) is 5.01 Å². The summed E-state index contributed by atoms with van der Waals surface area (Å²) in [5, 5.41) is 6.75. The Labute approximate surface area is 250 Å². The molecule has 4 nitrogen and oxygen atoms in total. The van der Waals surface area contributed by atoms with Crippen LogP contribution in [0.5, 0.6) is 5.75 Å². The smallest absolute Gasteiger partial charge is 0.268 e. The van der Waals surface area contributed by atoms with Gasteiger partial charge in [-0.1, -0.05) is 113 Å². The number of anilines is 1. The van der Waals surface area contributed by atoms with E-state index in [1.807, 2.05) is 55.7 Å². The summed E-state index contributed by atoms with van der Waals surface area (Å²) < 4.78 is 7.98. The number of aryl methyl sites for hydroxylation is 1. The molecule has 0 radical (unpaired) electrons. The molecule has 0 fully saturated rings. The van der Waals surface area contributed by atoms with E-state index in [1.54, 1.807) is 11.3 Å². The normalized spacial score (nSPS) is 10.7. The lowest BCUT2D eigenvalue weighted by atomic mass is 10.1. The molecule has 214 valence electrons. The number of thiazole rings is 1. The fourth-order valence-electron chi connectivity index (χ4n) is 4.61. The summed E-state index contributed by atoms with van der Waals surface area (Å²) in [5.74, 6) is 0.670. The first-order valence-electron chi connectivity index (χ1n) is 14.3. The number of aromatic nitrogens is 1. The van der Waals surface area contributed by atoms with Crippen molar-refractivity contribution >= 4 is 34.5 Å². The van der Waals surface area contributed by atoms with Crippen molar-refractivity contribution in [3.63, 3.8) is 0 Å². The van der Waals surface area contributed by atoms with Gasteiger partial charge in [-0.15, -0.1) is 0 Å². The summed E-state index contributed by atoms with van der Waals surface area (Å²) >= 11 is 8.16. The van der Waals surface area contributed by atoms with Crippen LogP contribution in [-0.2, 0) is 18.3 Å². The van der Waals surface area contributed by atoms with Crippen LogP contribution >= 0.6 is 22.9 Å². The maximum atomic E-state index is 12.7. The van der Waals surface area contributed by atoms with Gasteiger partial charge in [-0.25, -0.2) is 0 Å². The number of carbonyl (C=O) groups is 1. The molecule has 39 heavy (non-hydrogen) atoms. The Balaban J connectivity index is 0.00000533. The molecule has 1 heterocycles. The van der Waals surface area contributed by atoms with Gasteiger partial charge in [-0.2, -0.15) is 4.57 Å². The number of amides is 1. The Morgan fingerprint density at radius 3 is 2.21 bits per heavy atom. The average molecular weight is 592 g/mol. The van der Waals surface area contributed by atoms with Crippen molar-refractivity contribution in [2.75, 3.05) is 11.9 Å². The van der Waals surface area contributed by atoms with E-state index in [2.05, 4.69) is 22.2 Å². The molecule has 0 unspecified atom stereocenters. The second-order valence-corrected chi connectivity index (χ2v) is 11.4. The highest BCUT2D eigenvalue weighted by molar-refractivity contribution is 7.12. The van der Waals surface area contributed by atoms with Crippen LogP contribution in [-0.4, -0.2) is 12.5 Å². The number of benzene rings is 2. The lowest BCUT2D eigenvalue weighted by Crippen LogP contribution is -3.00. The lowest BCUT2D eigenvalue weighted by Gasteiger charge is -2.10. The molecule has 0 aliphatic heterocycles. The lowest BCUT2D eigenvalue weighted by molar-refractivity contribution is -0.655. The standard InChI is InChI=1S/C32H43ClN2O2S.ClH/c1-3-4-5-6-7-8-9-10-11-12-13-14-21-37-29-19-18-26(30(33)25-29)24-31(36)34-28-17-15-16-27(23-28)32-35(2)20-22-38-32;/h15-20,22-23,25H,3-14,21,24H2,1-2H3;1H. The largest absolute Gasteiger partial charge is 1.00 e. The van der Waals surface area contributed by atoms with Gasteiger partial charge in [-0.3, -0.25) is 4.79 Å². The predicted octanol–water partition coefficient (Wildman–Crippen LogP) is 6.16. The number of unbranched alkanes of at least 4 members (excludes halogenated alkanes) is 11. The van der Waals surface area contributed by atoms with Crippen LogP contribution in [0.2, 0.25) is 5.02 Å². The zero-order valence-electron chi connectivity index (χ0n) is 23.5. The Morgan fingerprint density at radius 1 is 0.923 bits per heavy atom. The third-order valence-corrected chi connectivity index (χ3v) is 8.18. The van der Waals surface area contributed by atoms with Crippen LogP contribution in [0.1, 0.15) is 89.5 Å². The molecule has 0 saturated heterocycles. The topological polar surface area (TPSA) is 42.2 Å². The van der Waals surface area contributed by atoms with Crippen molar-refractivity contribution in [1.82, 2.24) is 0 Å². The molecule has 3 aromatic rings. The summed E-state index contributed by atoms with van der Waals surface area (Å²) in [5.41, 5.74) is 2.65. The van der Waals surface area contributed by atoms with E-state index in [4.69, 9.17) is 16.3 Å². The molecule has 0 aliphatic rings. The third-order valence-electron chi connectivity index (χ3n) is 6.82. The molecule has 1 N–H and O–H groups in total. The van der Waals surface area contributed by atoms with Crippen molar-refractivity contribution in [3.05, 3.63) is 64.6 Å². The summed E-state index contributed by atoms with van der Waals surface area (Å²) in [6.07, 6.45) is 18.2. The van der Waals surface area contributed by atoms with E-state index in [0.29, 0.717) is 11.6 Å². The molecular formula is C32H44Cl2N2O2S. The third kappa shape index (κ3) is 12.3. The van der Waals surface area contributed by atoms with E-state index in [0.717, 1.165) is 34.0 Å². The molecule has 0 aliphatic carbocycles. The SMILES string of the molecule is CCCCCCCCCCCCCCOc1ccc(CC(=O)Nc2cccc(-c3scc[n+]3C)c2)c(Cl)c1.[Cl-]. The van der Waals surface area contributed by atoms with E-state index in [1.165, 1.54) is 70.6 Å². The summed E-state index contributed by atoms with van der Waals surface area (Å²) in [7, 11) is 2.02. The molecule has 7 heteroatoms. The number of rotatable bonds is 18. The van der Waals surface area contributed by atoms with Gasteiger partial charge in [0.1, 0.15) is 12.8 Å². The Hall–Kier alpha value is -2.08. The highest BCUT2D eigenvalue weighted by atomic mass is 35.5. The number of nitrogens with one attached hydrogen (secondary N) is 1. The van der Waals surface area contributed by atoms with Gasteiger partial charge in [0.15, 0.2) is 6.20 Å². The van der Waals surface area contributed by atoms with Gasteiger partial charge < -0.3 is 22.5 Å². The second-order valence-electron chi connectivity index (χ2n) is 10.1. The summed E-state index contributed by atoms with van der Waals surface area (Å²) in [4.78, 5) is 12.7. The Bertz CT molecular complexity index is 1120. The van der Waals surface area contributed by atoms with Crippen LogP contribution in [0.3, 0.4) is 0 Å². The minimum atomic E-state index is -0.0928. The van der Waals surface area contributed by atoms with Gasteiger partial charge in [0.05, 0.1) is 24.0 Å². The number of hydrogen-bond acceptors (Lipinski definition) is 3. The van der Waals surface area contributed by atoms with Crippen LogP contribution in [0.15, 0.2) is 54.0 Å². The van der Waals surface area contributed by atoms with E-state index in [9.17, 15) is 4.79 Å². The van der Waals surface area contributed by atoms with Gasteiger partial charge in [0, 0.05) is 10.7 Å². The summed E-state index contributed by atoms with van der Waals surface area (Å²) in [6, 6.07) is 13.5. The highest BCUT2D eigenvalue weighted by Crippen LogP contribution is 2.25. The van der Waals surface area contributed by atoms with Crippen molar-refractivity contribution in [3.8, 4) is 16.3 Å². The van der Waals surface area contributed by atoms with Gasteiger partial charge in [-0.05, 0) is 42.3 Å². The molecule has 1 aromatic heterocycles. The second kappa shape index (κ2) is 19.1. The van der Waals surface area contributed by atoms with Crippen LogP contribution in [0, 0.1) is 0 Å². The van der Waals surface area contributed by atoms with Gasteiger partial charge >= 0.3 is 0 Å². The minimum absolute atomic E-state index is 0. The number of ether oxygens (including phenoxy) is 1. The fourth-order valence-corrected chi connectivity index (χ4v) is 5.71. The maximum Gasteiger partial charge on any atom is 0.268 e. The molecule has 0 spiro atoms. The molecule has 1 amide bonds. The van der Waals surface area contributed by atoms with Crippen molar-refractivity contribution in [2.45, 2.75) is 90.4 Å². The first-order valence-corrected chi connectivity index (χ1v) is 15.6. The van der Waals surface area contributed by atoms with Gasteiger partial charge in [0.2, 0.25) is 5.91 Å². The molecule has 0 bridgehead atoms. The number of carbonyl (C=O) groups excluding carboxylic acids is 1. The summed E-state index contributed by atoms with van der Waals surface area (Å²) in [6.45, 7) is 2.97. The number of hydrogen-bond donors (Lipinski definition) is 1. The van der Waals surface area contributed by atoms with Crippen LogP contribution in [0.25, 0.3) is 10.6 Å². The zero-order valence-corrected chi connectivity index (χ0v) is 25.9. The van der Waals surface area contributed by atoms with Crippen molar-refractivity contribution in [1.29, 1.82) is 0 Å². The minimum Gasteiger partial charge on any atom is -1.00 e. The number of nitrogens with zero attached hydrogens (tertiary/aromatic N) is 1. The Morgan fingerprint density at radius 2 is 1.59 bits per heavy atom. The first kappa shape index (κ1) is 33.1. The van der Waals surface area contributed by atoms with E-state index in [-0.39, 0.29) is 24.7 Å². The van der Waals surface area contributed by atoms with E-state index >= 15 is 0 Å². The maximum absolute atomic E-state index is 12.7. The molecule has 3 rings (SSSR count).